The Bertz CT molecular complexity index is 1360. The van der Waals surface area contributed by atoms with E-state index in [0.717, 1.165) is 18.4 Å². The Balaban J connectivity index is 1.34. The molecule has 4 atom stereocenters. The maximum atomic E-state index is 14.0. The molecule has 0 amide bonds. The predicted molar refractivity (Wildman–Crippen MR) is 153 cm³/mol. The van der Waals surface area contributed by atoms with Crippen LogP contribution >= 0.6 is 0 Å². The molecule has 0 spiro atoms. The van der Waals surface area contributed by atoms with Crippen molar-refractivity contribution in [2.45, 2.75) is 43.7 Å². The standard InChI is InChI=1S/C35H35NO2/c1-24-10-8-9-15-29(24)26-18-16-25(17-19-26)22-32(38)34-33-30(23-36-34)31(37)20-21-35(33,27-11-4-2-5-12-27)28-13-6-3-7-14-28/h2-19,30-31,33-34,36-37H,20-23H2,1H3/t30-,31-,33+,34?/m0/s1. The molecule has 3 nitrogen and oxygen atoms in total. The molecule has 0 aromatic heterocycles. The summed E-state index contributed by atoms with van der Waals surface area (Å²) in [5.41, 5.74) is 6.79. The first kappa shape index (κ1) is 24.8. The minimum Gasteiger partial charge on any atom is -0.393 e. The van der Waals surface area contributed by atoms with Crippen molar-refractivity contribution < 1.29 is 9.90 Å². The molecule has 4 aromatic rings. The highest BCUT2D eigenvalue weighted by Gasteiger charge is 2.57. The third-order valence-corrected chi connectivity index (χ3v) is 9.00. The topological polar surface area (TPSA) is 49.3 Å². The van der Waals surface area contributed by atoms with Crippen LogP contribution in [0.5, 0.6) is 0 Å². The van der Waals surface area contributed by atoms with Crippen molar-refractivity contribution in [3.05, 3.63) is 131 Å². The van der Waals surface area contributed by atoms with E-state index in [9.17, 15) is 9.90 Å². The maximum Gasteiger partial charge on any atom is 0.154 e. The number of nitrogens with one attached hydrogen (secondary N) is 1. The maximum absolute atomic E-state index is 14.0. The second kappa shape index (κ2) is 10.3. The second-order valence-electron chi connectivity index (χ2n) is 11.0. The van der Waals surface area contributed by atoms with Gasteiger partial charge in [-0.1, -0.05) is 109 Å². The van der Waals surface area contributed by atoms with Crippen molar-refractivity contribution in [2.24, 2.45) is 11.8 Å². The van der Waals surface area contributed by atoms with Crippen molar-refractivity contribution in [1.29, 1.82) is 0 Å². The van der Waals surface area contributed by atoms with Gasteiger partial charge in [-0.3, -0.25) is 4.79 Å². The number of aryl methyl sites for hydroxylation is 1. The molecule has 1 unspecified atom stereocenters. The zero-order chi connectivity index (χ0) is 26.1. The fraction of sp³-hybridized carbons (Fsp3) is 0.286. The first-order valence-corrected chi connectivity index (χ1v) is 13.8. The van der Waals surface area contributed by atoms with Gasteiger partial charge < -0.3 is 10.4 Å². The summed E-state index contributed by atoms with van der Waals surface area (Å²) in [5.74, 6) is 0.211. The lowest BCUT2D eigenvalue weighted by Crippen LogP contribution is -2.53. The lowest BCUT2D eigenvalue weighted by Gasteiger charge is -2.49. The summed E-state index contributed by atoms with van der Waals surface area (Å²) < 4.78 is 0. The number of hydrogen-bond acceptors (Lipinski definition) is 3. The van der Waals surface area contributed by atoms with Gasteiger partial charge in [-0.15, -0.1) is 0 Å². The fourth-order valence-electron chi connectivity index (χ4n) is 7.18. The number of rotatable bonds is 6. The Kier molecular flexibility index (Phi) is 6.73. The first-order chi connectivity index (χ1) is 18.6. The van der Waals surface area contributed by atoms with Crippen molar-refractivity contribution in [2.75, 3.05) is 6.54 Å². The van der Waals surface area contributed by atoms with Crippen LogP contribution in [0.2, 0.25) is 0 Å². The number of aliphatic hydroxyl groups is 1. The van der Waals surface area contributed by atoms with Gasteiger partial charge in [0.05, 0.1) is 12.1 Å². The average molecular weight is 502 g/mol. The van der Waals surface area contributed by atoms with Crippen LogP contribution in [-0.2, 0) is 16.6 Å². The quantitative estimate of drug-likeness (QED) is 0.335. The van der Waals surface area contributed by atoms with E-state index in [4.69, 9.17) is 0 Å². The minimum absolute atomic E-state index is 0.0187. The van der Waals surface area contributed by atoms with E-state index in [2.05, 4.69) is 109 Å². The highest BCUT2D eigenvalue weighted by molar-refractivity contribution is 5.87. The Morgan fingerprint density at radius 1 is 0.842 bits per heavy atom. The molecule has 0 bridgehead atoms. The Labute approximate surface area is 225 Å². The molecule has 2 aliphatic rings. The van der Waals surface area contributed by atoms with Crippen LogP contribution in [0.15, 0.2) is 109 Å². The molecule has 1 aliphatic heterocycles. The summed E-state index contributed by atoms with van der Waals surface area (Å²) in [6.45, 7) is 2.79. The summed E-state index contributed by atoms with van der Waals surface area (Å²) in [4.78, 5) is 14.0. The molecule has 6 rings (SSSR count). The van der Waals surface area contributed by atoms with Crippen molar-refractivity contribution in [3.63, 3.8) is 0 Å². The van der Waals surface area contributed by atoms with Gasteiger partial charge in [-0.05, 0) is 53.1 Å². The molecule has 1 saturated heterocycles. The molecular formula is C35H35NO2. The van der Waals surface area contributed by atoms with Crippen LogP contribution < -0.4 is 5.32 Å². The smallest absolute Gasteiger partial charge is 0.154 e. The normalized spacial score (nSPS) is 24.1. The van der Waals surface area contributed by atoms with E-state index >= 15 is 0 Å². The van der Waals surface area contributed by atoms with Gasteiger partial charge in [0.2, 0.25) is 0 Å². The zero-order valence-corrected chi connectivity index (χ0v) is 21.9. The zero-order valence-electron chi connectivity index (χ0n) is 21.9. The number of hydrogen-bond donors (Lipinski definition) is 2. The molecule has 2 fully saturated rings. The van der Waals surface area contributed by atoms with Gasteiger partial charge >= 0.3 is 0 Å². The molecule has 1 aliphatic carbocycles. The number of fused-ring (bicyclic) bond motifs is 1. The van der Waals surface area contributed by atoms with Crippen LogP contribution in [0, 0.1) is 18.8 Å². The monoisotopic (exact) mass is 501 g/mol. The lowest BCUT2D eigenvalue weighted by molar-refractivity contribution is -0.122. The molecule has 3 heteroatoms. The molecule has 2 N–H and O–H groups in total. The number of aliphatic hydroxyl groups excluding tert-OH is 1. The van der Waals surface area contributed by atoms with Crippen LogP contribution in [0.1, 0.15) is 35.1 Å². The van der Waals surface area contributed by atoms with Crippen LogP contribution in [-0.4, -0.2) is 29.6 Å². The number of ketones is 1. The summed E-state index contributed by atoms with van der Waals surface area (Å²) >= 11 is 0. The Morgan fingerprint density at radius 2 is 1.45 bits per heavy atom. The van der Waals surface area contributed by atoms with E-state index in [1.807, 2.05) is 12.1 Å². The number of carbonyl (C=O) groups is 1. The minimum atomic E-state index is -0.403. The average Bonchev–Trinajstić information content (AvgIpc) is 3.42. The van der Waals surface area contributed by atoms with E-state index in [-0.39, 0.29) is 29.1 Å². The number of carbonyl (C=O) groups excluding carboxylic acids is 1. The first-order valence-electron chi connectivity index (χ1n) is 13.8. The van der Waals surface area contributed by atoms with Gasteiger partial charge in [0.25, 0.3) is 0 Å². The molecule has 1 saturated carbocycles. The van der Waals surface area contributed by atoms with Crippen LogP contribution in [0.3, 0.4) is 0 Å². The summed E-state index contributed by atoms with van der Waals surface area (Å²) in [7, 11) is 0. The highest BCUT2D eigenvalue weighted by Crippen LogP contribution is 2.54. The predicted octanol–water partition coefficient (Wildman–Crippen LogP) is 6.12. The van der Waals surface area contributed by atoms with E-state index < -0.39 is 6.10 Å². The van der Waals surface area contributed by atoms with Gasteiger partial charge in [-0.2, -0.15) is 0 Å². The van der Waals surface area contributed by atoms with Gasteiger partial charge in [-0.25, -0.2) is 0 Å². The van der Waals surface area contributed by atoms with Crippen molar-refractivity contribution in [1.82, 2.24) is 5.32 Å². The molecule has 192 valence electrons. The molecule has 0 radical (unpaired) electrons. The van der Waals surface area contributed by atoms with Crippen LogP contribution in [0.4, 0.5) is 0 Å². The van der Waals surface area contributed by atoms with E-state index in [0.29, 0.717) is 13.0 Å². The highest BCUT2D eigenvalue weighted by atomic mass is 16.3. The van der Waals surface area contributed by atoms with Crippen LogP contribution in [0.25, 0.3) is 11.1 Å². The van der Waals surface area contributed by atoms with Gasteiger partial charge in [0.15, 0.2) is 5.78 Å². The largest absolute Gasteiger partial charge is 0.393 e. The van der Waals surface area contributed by atoms with E-state index in [1.165, 1.54) is 27.8 Å². The fourth-order valence-corrected chi connectivity index (χ4v) is 7.18. The summed E-state index contributed by atoms with van der Waals surface area (Å²) in [5, 5.41) is 14.7. The van der Waals surface area contributed by atoms with E-state index in [1.54, 1.807) is 0 Å². The van der Waals surface area contributed by atoms with Crippen molar-refractivity contribution in [3.8, 4) is 11.1 Å². The van der Waals surface area contributed by atoms with Crippen molar-refractivity contribution >= 4 is 5.78 Å². The molecular weight excluding hydrogens is 466 g/mol. The van der Waals surface area contributed by atoms with Gasteiger partial charge in [0, 0.05) is 30.2 Å². The lowest BCUT2D eigenvalue weighted by atomic mass is 9.54. The summed E-state index contributed by atoms with van der Waals surface area (Å²) in [6.07, 6.45) is 1.53. The SMILES string of the molecule is Cc1ccccc1-c1ccc(CC(=O)C2NC[C@H]3[C@@H](O)CCC(c4ccccc4)(c4ccccc4)[C@@H]23)cc1. The number of benzene rings is 4. The molecule has 1 heterocycles. The molecule has 4 aromatic carbocycles. The number of Topliss-reactive ketones (excluding diaryl/α,β-unsaturated/α-hetero) is 1. The summed E-state index contributed by atoms with van der Waals surface area (Å²) in [6, 6.07) is 37.8. The third-order valence-electron chi connectivity index (χ3n) is 9.00. The Morgan fingerprint density at radius 3 is 2.08 bits per heavy atom. The third kappa shape index (κ3) is 4.30. The van der Waals surface area contributed by atoms with Gasteiger partial charge in [0.1, 0.15) is 0 Å². The molecule has 38 heavy (non-hydrogen) atoms. The Hall–Kier alpha value is -3.53. The second-order valence-corrected chi connectivity index (χ2v) is 11.0.